The molecule has 1 aromatic rings. The summed E-state index contributed by atoms with van der Waals surface area (Å²) in [6.45, 7) is 6.50. The number of hydrogen-bond donors (Lipinski definition) is 0. The molecule has 158 valence electrons. The Bertz CT molecular complexity index is 872. The van der Waals surface area contributed by atoms with Gasteiger partial charge in [-0.1, -0.05) is 0 Å². The van der Waals surface area contributed by atoms with E-state index in [1.165, 1.54) is 11.5 Å². The molecule has 1 saturated heterocycles. The number of hydrogen-bond acceptors (Lipinski definition) is 5. The molecular weight excluding hydrogens is 402 g/mol. The highest BCUT2D eigenvalue weighted by Gasteiger charge is 2.32. The van der Waals surface area contributed by atoms with Gasteiger partial charge in [0.2, 0.25) is 0 Å². The van der Waals surface area contributed by atoms with E-state index in [-0.39, 0.29) is 24.4 Å². The summed E-state index contributed by atoms with van der Waals surface area (Å²) in [4.78, 5) is 18.2. The van der Waals surface area contributed by atoms with E-state index in [4.69, 9.17) is 9.47 Å². The van der Waals surface area contributed by atoms with Gasteiger partial charge in [-0.05, 0) is 45.7 Å². The van der Waals surface area contributed by atoms with Crippen molar-refractivity contribution in [2.45, 2.75) is 39.2 Å². The third kappa shape index (κ3) is 5.62. The minimum absolute atomic E-state index is 0.00605. The maximum Gasteiger partial charge on any atom is 0.410 e. The summed E-state index contributed by atoms with van der Waals surface area (Å²) in [5.74, 6) is -1.76. The van der Waals surface area contributed by atoms with Gasteiger partial charge in [-0.15, -0.1) is 0 Å². The summed E-state index contributed by atoms with van der Waals surface area (Å²) in [5.41, 5.74) is -0.0605. The van der Waals surface area contributed by atoms with Gasteiger partial charge >= 0.3 is 6.09 Å². The maximum atomic E-state index is 13.2. The van der Waals surface area contributed by atoms with Crippen molar-refractivity contribution in [1.29, 1.82) is 0 Å². The summed E-state index contributed by atoms with van der Waals surface area (Å²) < 4.78 is 49.4. The Labute approximate surface area is 171 Å². The van der Waals surface area contributed by atoms with E-state index in [1.807, 2.05) is 20.8 Å². The minimum atomic E-state index is -1.35. The highest BCUT2D eigenvalue weighted by Crippen LogP contribution is 2.27. The molecule has 2 heterocycles. The van der Waals surface area contributed by atoms with Crippen molar-refractivity contribution in [3.05, 3.63) is 40.9 Å². The molecular formula is C20H24F2N2O4S. The van der Waals surface area contributed by atoms with E-state index >= 15 is 0 Å². The normalized spacial score (nSPS) is 20.3. The molecule has 1 fully saturated rings. The molecule has 29 heavy (non-hydrogen) atoms. The monoisotopic (exact) mass is 426 g/mol. The van der Waals surface area contributed by atoms with Crippen LogP contribution in [0.25, 0.3) is 0 Å². The van der Waals surface area contributed by atoms with Crippen molar-refractivity contribution in [2.75, 3.05) is 19.7 Å². The number of benzene rings is 1. The van der Waals surface area contributed by atoms with Crippen molar-refractivity contribution in [2.24, 2.45) is 10.9 Å². The molecule has 0 saturated carbocycles. The van der Waals surface area contributed by atoms with Crippen LogP contribution in [-0.2, 0) is 15.5 Å². The Balaban J connectivity index is 1.54. The first-order valence-electron chi connectivity index (χ1n) is 9.38. The molecule has 2 aliphatic heterocycles. The van der Waals surface area contributed by atoms with Crippen LogP contribution in [0.3, 0.4) is 0 Å². The largest absolute Gasteiger partial charge is 0.487 e. The minimum Gasteiger partial charge on any atom is -0.487 e. The molecule has 0 spiro atoms. The molecule has 0 aromatic heterocycles. The van der Waals surface area contributed by atoms with E-state index in [0.29, 0.717) is 36.7 Å². The summed E-state index contributed by atoms with van der Waals surface area (Å²) in [5, 5.41) is 2.08. The third-order valence-corrected chi connectivity index (χ3v) is 5.80. The summed E-state index contributed by atoms with van der Waals surface area (Å²) in [6.07, 6.45) is 0.952. The lowest BCUT2D eigenvalue weighted by molar-refractivity contribution is 0.0202. The Morgan fingerprint density at radius 1 is 1.24 bits per heavy atom. The van der Waals surface area contributed by atoms with E-state index in [0.717, 1.165) is 12.1 Å². The van der Waals surface area contributed by atoms with Crippen LogP contribution >= 0.6 is 0 Å². The predicted octanol–water partition coefficient (Wildman–Crippen LogP) is 3.99. The lowest BCUT2D eigenvalue weighted by Crippen LogP contribution is -2.43. The smallest absolute Gasteiger partial charge is 0.410 e. The number of carbonyl (C=O) groups excluding carboxylic acids is 1. The molecule has 1 aromatic carbocycles. The SMILES string of the molecule is CC(C)(C)OC(=O)N1CCC(C2=NC(COc3ccc(F)c(F)c3)=CS2=O)CC1. The van der Waals surface area contributed by atoms with Crippen LogP contribution in [0, 0.1) is 17.6 Å². The standard InChI is InChI=1S/C20H24F2N2O4S/c1-20(2,3)28-19(25)24-8-6-13(7-9-24)18-23-14(12-29(18)26)11-27-15-4-5-16(21)17(22)10-15/h4-5,10,12-13H,6-9,11H2,1-3H3. The Morgan fingerprint density at radius 2 is 1.93 bits per heavy atom. The van der Waals surface area contributed by atoms with Crippen LogP contribution in [0.2, 0.25) is 0 Å². The van der Waals surface area contributed by atoms with Crippen LogP contribution < -0.4 is 4.74 Å². The number of carbonyl (C=O) groups is 1. The highest BCUT2D eigenvalue weighted by atomic mass is 32.2. The first-order valence-corrected chi connectivity index (χ1v) is 10.6. The van der Waals surface area contributed by atoms with Crippen molar-refractivity contribution >= 4 is 21.9 Å². The zero-order valence-electron chi connectivity index (χ0n) is 16.6. The molecule has 1 amide bonds. The second-order valence-electron chi connectivity index (χ2n) is 7.96. The molecule has 0 aliphatic carbocycles. The molecule has 9 heteroatoms. The van der Waals surface area contributed by atoms with E-state index in [2.05, 4.69) is 4.99 Å². The number of likely N-dealkylation sites (tertiary alicyclic amines) is 1. The second kappa shape index (κ2) is 8.61. The van der Waals surface area contributed by atoms with Crippen LogP contribution in [0.1, 0.15) is 33.6 Å². The van der Waals surface area contributed by atoms with Gasteiger partial charge in [-0.25, -0.2) is 22.8 Å². The average molecular weight is 426 g/mol. The van der Waals surface area contributed by atoms with Crippen LogP contribution in [0.4, 0.5) is 13.6 Å². The van der Waals surface area contributed by atoms with Crippen LogP contribution in [0.5, 0.6) is 5.75 Å². The number of rotatable bonds is 4. The number of aliphatic imine (C=N–C) groups is 1. The molecule has 2 aliphatic rings. The first-order chi connectivity index (χ1) is 13.6. The molecule has 0 bridgehead atoms. The Hall–Kier alpha value is -2.29. The lowest BCUT2D eigenvalue weighted by Gasteiger charge is -2.33. The third-order valence-electron chi connectivity index (χ3n) is 4.48. The highest BCUT2D eigenvalue weighted by molar-refractivity contribution is 8.03. The summed E-state index contributed by atoms with van der Waals surface area (Å²) in [7, 11) is -1.35. The fraction of sp³-hybridized carbons (Fsp3) is 0.500. The lowest BCUT2D eigenvalue weighted by atomic mass is 9.98. The molecule has 1 atom stereocenters. The number of amides is 1. The van der Waals surface area contributed by atoms with E-state index in [9.17, 15) is 17.8 Å². The van der Waals surface area contributed by atoms with Crippen LogP contribution in [-0.4, -0.2) is 45.5 Å². The Kier molecular flexibility index (Phi) is 6.36. The van der Waals surface area contributed by atoms with Gasteiger partial charge in [-0.3, -0.25) is 0 Å². The van der Waals surface area contributed by atoms with Crippen molar-refractivity contribution in [3.63, 3.8) is 0 Å². The number of halogens is 2. The molecule has 0 radical (unpaired) electrons. The molecule has 6 nitrogen and oxygen atoms in total. The summed E-state index contributed by atoms with van der Waals surface area (Å²) >= 11 is 0. The Morgan fingerprint density at radius 3 is 2.55 bits per heavy atom. The fourth-order valence-electron chi connectivity index (χ4n) is 3.08. The molecule has 1 unspecified atom stereocenters. The molecule has 3 rings (SSSR count). The topological polar surface area (TPSA) is 68.2 Å². The van der Waals surface area contributed by atoms with Crippen molar-refractivity contribution < 1.29 is 27.3 Å². The zero-order valence-corrected chi connectivity index (χ0v) is 17.4. The van der Waals surface area contributed by atoms with Gasteiger partial charge in [0.25, 0.3) is 0 Å². The second-order valence-corrected chi connectivity index (χ2v) is 9.21. The first kappa shape index (κ1) is 21.4. The maximum absolute atomic E-state index is 13.2. The van der Waals surface area contributed by atoms with Gasteiger partial charge in [-0.2, -0.15) is 0 Å². The fourth-order valence-corrected chi connectivity index (χ4v) is 4.34. The number of ether oxygens (including phenoxy) is 2. The zero-order chi connectivity index (χ0) is 21.2. The van der Waals surface area contributed by atoms with Crippen molar-refractivity contribution in [1.82, 2.24) is 4.90 Å². The average Bonchev–Trinajstić information content (AvgIpc) is 3.02. The predicted molar refractivity (Wildman–Crippen MR) is 106 cm³/mol. The summed E-state index contributed by atoms with van der Waals surface area (Å²) in [6, 6.07) is 3.26. The quantitative estimate of drug-likeness (QED) is 0.730. The van der Waals surface area contributed by atoms with Gasteiger partial charge < -0.3 is 14.4 Å². The van der Waals surface area contributed by atoms with Crippen LogP contribution in [0.15, 0.2) is 34.3 Å². The van der Waals surface area contributed by atoms with E-state index < -0.39 is 28.0 Å². The van der Waals surface area contributed by atoms with Gasteiger partial charge in [0.05, 0.1) is 16.5 Å². The van der Waals surface area contributed by atoms with Gasteiger partial charge in [0.1, 0.15) is 23.0 Å². The number of piperidine rings is 1. The molecule has 0 N–H and O–H groups in total. The van der Waals surface area contributed by atoms with Gasteiger partial charge in [0.15, 0.2) is 11.6 Å². The van der Waals surface area contributed by atoms with E-state index in [1.54, 1.807) is 4.90 Å². The van der Waals surface area contributed by atoms with Gasteiger partial charge in [0, 0.05) is 30.5 Å². The number of nitrogens with zero attached hydrogens (tertiary/aromatic N) is 2. The van der Waals surface area contributed by atoms with Crippen molar-refractivity contribution in [3.8, 4) is 5.75 Å².